The van der Waals surface area contributed by atoms with E-state index in [9.17, 15) is 14.7 Å². The van der Waals surface area contributed by atoms with Crippen molar-refractivity contribution in [2.24, 2.45) is 5.92 Å². The van der Waals surface area contributed by atoms with Crippen LogP contribution in [0.4, 0.5) is 15.5 Å². The number of hydrogen-bond acceptors (Lipinski definition) is 7. The fraction of sp³-hybridized carbons (Fsp3) is 0.371. The third-order valence-corrected chi connectivity index (χ3v) is 11.8. The molecule has 2 amide bonds. The Morgan fingerprint density at radius 1 is 1.11 bits per heavy atom. The lowest BCUT2D eigenvalue weighted by atomic mass is 9.82. The second-order valence-corrected chi connectivity index (χ2v) is 16.6. The van der Waals surface area contributed by atoms with Crippen molar-refractivity contribution in [3.63, 3.8) is 0 Å². The molecule has 12 heteroatoms. The van der Waals surface area contributed by atoms with Crippen LogP contribution in [0, 0.1) is 5.92 Å². The maximum atomic E-state index is 16.1. The van der Waals surface area contributed by atoms with Crippen LogP contribution in [0.15, 0.2) is 79.0 Å². The largest absolute Gasteiger partial charge is 0.497 e. The molecule has 0 aliphatic carbocycles. The van der Waals surface area contributed by atoms with Gasteiger partial charge in [0.2, 0.25) is 8.41 Å². The highest BCUT2D eigenvalue weighted by Crippen LogP contribution is 2.60. The van der Waals surface area contributed by atoms with Crippen LogP contribution >= 0.6 is 0 Å². The van der Waals surface area contributed by atoms with Gasteiger partial charge in [0, 0.05) is 54.0 Å². The topological polar surface area (TPSA) is 119 Å². The quantitative estimate of drug-likeness (QED) is 0.162. The van der Waals surface area contributed by atoms with Crippen molar-refractivity contribution < 1.29 is 28.3 Å². The summed E-state index contributed by atoms with van der Waals surface area (Å²) in [6.07, 6.45) is 2.17. The molecule has 4 atom stereocenters. The Morgan fingerprint density at radius 3 is 2.51 bits per heavy atom. The SMILES string of the molecule is COc1ccc(C(=O)Nc2ccc(CN3C(=O)[C@]4(O[C@H](CCn5cc(CCO)nn5)[C@@H]([Si](C)(C)F)[C@@H]4C)c4ccccc43)cc2)cc1. The minimum absolute atomic E-state index is 0.0164. The van der Waals surface area contributed by atoms with Gasteiger partial charge in [0.25, 0.3) is 11.8 Å². The Hall–Kier alpha value is -4.39. The molecule has 246 valence electrons. The summed E-state index contributed by atoms with van der Waals surface area (Å²) in [6, 6.07) is 21.9. The molecule has 1 fully saturated rings. The molecular weight excluding hydrogens is 617 g/mol. The molecule has 2 aliphatic heterocycles. The van der Waals surface area contributed by atoms with Crippen LogP contribution in [-0.2, 0) is 34.6 Å². The first kappa shape index (κ1) is 32.5. The number of hydrogen-bond donors (Lipinski definition) is 2. The maximum Gasteiger partial charge on any atom is 0.264 e. The lowest BCUT2D eigenvalue weighted by Gasteiger charge is -2.31. The zero-order valence-corrected chi connectivity index (χ0v) is 28.0. The van der Waals surface area contributed by atoms with E-state index >= 15 is 4.11 Å². The lowest BCUT2D eigenvalue weighted by Crippen LogP contribution is -2.45. The molecule has 4 aromatic rings. The number of carbonyl (C=O) groups excluding carboxylic acids is 2. The monoisotopic (exact) mass is 657 g/mol. The Bertz CT molecular complexity index is 1740. The summed E-state index contributed by atoms with van der Waals surface area (Å²) in [5, 5.41) is 20.4. The number of aryl methyl sites for hydroxylation is 1. The first-order valence-corrected chi connectivity index (χ1v) is 18.8. The summed E-state index contributed by atoms with van der Waals surface area (Å²) >= 11 is 0. The number of amides is 2. The van der Waals surface area contributed by atoms with Crippen molar-refractivity contribution in [1.82, 2.24) is 15.0 Å². The number of methoxy groups -OCH3 is 1. The molecule has 10 nitrogen and oxygen atoms in total. The van der Waals surface area contributed by atoms with E-state index in [0.717, 1.165) is 16.8 Å². The fourth-order valence-electron chi connectivity index (χ4n) is 7.19. The van der Waals surface area contributed by atoms with Gasteiger partial charge in [-0.1, -0.05) is 42.5 Å². The summed E-state index contributed by atoms with van der Waals surface area (Å²) in [6.45, 7) is 6.06. The molecule has 6 rings (SSSR count). The van der Waals surface area contributed by atoms with E-state index in [0.29, 0.717) is 48.6 Å². The van der Waals surface area contributed by atoms with E-state index in [1.165, 1.54) is 0 Å². The number of nitrogens with zero attached hydrogens (tertiary/aromatic N) is 4. The highest BCUT2D eigenvalue weighted by atomic mass is 28.4. The Kier molecular flexibility index (Phi) is 9.01. The number of ether oxygens (including phenoxy) is 2. The Morgan fingerprint density at radius 2 is 1.83 bits per heavy atom. The lowest BCUT2D eigenvalue weighted by molar-refractivity contribution is -0.146. The highest BCUT2D eigenvalue weighted by molar-refractivity contribution is 6.72. The zero-order valence-electron chi connectivity index (χ0n) is 27.0. The number of rotatable bonds is 11. The predicted octanol–water partition coefficient (Wildman–Crippen LogP) is 5.49. The van der Waals surface area contributed by atoms with Crippen molar-refractivity contribution in [1.29, 1.82) is 0 Å². The normalized spacial score (nSPS) is 22.1. The molecule has 0 saturated carbocycles. The van der Waals surface area contributed by atoms with Gasteiger partial charge in [0.05, 0.1) is 31.1 Å². The van der Waals surface area contributed by atoms with Gasteiger partial charge in [-0.2, -0.15) is 0 Å². The van der Waals surface area contributed by atoms with E-state index in [1.807, 2.05) is 55.5 Å². The fourth-order valence-corrected chi connectivity index (χ4v) is 9.73. The van der Waals surface area contributed by atoms with E-state index in [4.69, 9.17) is 9.47 Å². The summed E-state index contributed by atoms with van der Waals surface area (Å²) in [5.74, 6) is -0.157. The Balaban J connectivity index is 1.22. The van der Waals surface area contributed by atoms with Crippen molar-refractivity contribution in [3.8, 4) is 5.75 Å². The molecule has 1 aromatic heterocycles. The standard InChI is InChI=1S/C35H40FN5O5Si/c1-23-32(47(3,4)36)31(17-19-40-22-27(18-20-42)38-39-40)46-35(23)29-7-5-6-8-30(29)41(34(35)44)21-24-9-13-26(14-10-24)37-33(43)25-11-15-28(45-2)16-12-25/h5-16,22-23,31-32,42H,17-21H2,1-4H3,(H,37,43)/t23-,31+,32-,35+/m0/s1. The molecule has 2 aliphatic rings. The highest BCUT2D eigenvalue weighted by Gasteiger charge is 2.66. The van der Waals surface area contributed by atoms with Crippen LogP contribution in [0.1, 0.15) is 40.5 Å². The summed E-state index contributed by atoms with van der Waals surface area (Å²) in [7, 11) is -1.73. The first-order valence-electron chi connectivity index (χ1n) is 15.9. The number of halogens is 1. The van der Waals surface area contributed by atoms with E-state index in [1.54, 1.807) is 60.2 Å². The van der Waals surface area contributed by atoms with Gasteiger partial charge in [-0.25, -0.2) is 0 Å². The Labute approximate surface area is 274 Å². The molecule has 0 bridgehead atoms. The third-order valence-electron chi connectivity index (χ3n) is 9.37. The average Bonchev–Trinajstić information content (AvgIpc) is 3.71. The van der Waals surface area contributed by atoms with E-state index < -0.39 is 31.6 Å². The van der Waals surface area contributed by atoms with Gasteiger partial charge in [-0.05, 0) is 67.5 Å². The van der Waals surface area contributed by atoms with Crippen LogP contribution < -0.4 is 15.0 Å². The number of nitrogens with one attached hydrogen (secondary N) is 1. The number of benzene rings is 3. The van der Waals surface area contributed by atoms with Gasteiger partial charge < -0.3 is 28.9 Å². The van der Waals surface area contributed by atoms with Crippen molar-refractivity contribution >= 4 is 31.6 Å². The second-order valence-electron chi connectivity index (χ2n) is 12.8. The number of aromatic nitrogens is 3. The maximum absolute atomic E-state index is 16.1. The number of para-hydroxylation sites is 1. The van der Waals surface area contributed by atoms with E-state index in [-0.39, 0.29) is 18.4 Å². The van der Waals surface area contributed by atoms with Crippen molar-refractivity contribution in [2.45, 2.75) is 63.2 Å². The number of aliphatic hydroxyl groups is 1. The summed E-state index contributed by atoms with van der Waals surface area (Å²) in [4.78, 5) is 29.0. The first-order chi connectivity index (χ1) is 22.5. The number of aliphatic hydroxyl groups excluding tert-OH is 1. The minimum Gasteiger partial charge on any atom is -0.497 e. The molecule has 3 heterocycles. The minimum atomic E-state index is -3.30. The van der Waals surface area contributed by atoms with Gasteiger partial charge in [-0.15, -0.1) is 5.10 Å². The van der Waals surface area contributed by atoms with Crippen molar-refractivity contribution in [3.05, 3.63) is 101 Å². The molecule has 0 radical (unpaired) electrons. The molecular formula is C35H40FN5O5Si. The van der Waals surface area contributed by atoms with Crippen molar-refractivity contribution in [2.75, 3.05) is 23.9 Å². The van der Waals surface area contributed by atoms with Crippen LogP contribution in [0.25, 0.3) is 0 Å². The third kappa shape index (κ3) is 6.20. The average molecular weight is 658 g/mol. The number of anilines is 2. The number of carbonyl (C=O) groups is 2. The van der Waals surface area contributed by atoms with Gasteiger partial charge in [-0.3, -0.25) is 14.3 Å². The van der Waals surface area contributed by atoms with Crippen LogP contribution in [0.2, 0.25) is 18.6 Å². The van der Waals surface area contributed by atoms with Crippen LogP contribution in [0.5, 0.6) is 5.75 Å². The smallest absolute Gasteiger partial charge is 0.264 e. The molecule has 47 heavy (non-hydrogen) atoms. The van der Waals surface area contributed by atoms with Crippen LogP contribution in [-0.4, -0.2) is 60.1 Å². The van der Waals surface area contributed by atoms with Gasteiger partial charge in [0.1, 0.15) is 5.75 Å². The van der Waals surface area contributed by atoms with Gasteiger partial charge in [0.15, 0.2) is 5.60 Å². The molecule has 2 N–H and O–H groups in total. The molecule has 0 unspecified atom stereocenters. The summed E-state index contributed by atoms with van der Waals surface area (Å²) < 4.78 is 29.8. The van der Waals surface area contributed by atoms with E-state index in [2.05, 4.69) is 15.6 Å². The second kappa shape index (κ2) is 13.0. The molecule has 3 aromatic carbocycles. The van der Waals surface area contributed by atoms with Gasteiger partial charge >= 0.3 is 0 Å². The zero-order chi connectivity index (χ0) is 33.3. The molecule has 1 saturated heterocycles. The molecule has 1 spiro atoms. The number of fused-ring (bicyclic) bond motifs is 2. The summed E-state index contributed by atoms with van der Waals surface area (Å²) in [5.41, 5.74) is 2.48. The van der Waals surface area contributed by atoms with Crippen LogP contribution in [0.3, 0.4) is 0 Å². The predicted molar refractivity (Wildman–Crippen MR) is 179 cm³/mol.